The first-order chi connectivity index (χ1) is 7.22. The van der Waals surface area contributed by atoms with Gasteiger partial charge in [-0.2, -0.15) is 0 Å². The van der Waals surface area contributed by atoms with Crippen LogP contribution >= 0.6 is 69.6 Å². The highest BCUT2D eigenvalue weighted by atomic mass is 35.5. The summed E-state index contributed by atoms with van der Waals surface area (Å²) in [6.07, 6.45) is 0.979. The molecule has 0 aromatic rings. The summed E-state index contributed by atoms with van der Waals surface area (Å²) >= 11 is 39.9. The number of alkyl halides is 6. The molecule has 0 N–H and O–H groups in total. The van der Waals surface area contributed by atoms with Crippen molar-refractivity contribution in [2.75, 3.05) is 0 Å². The third-order valence-electron chi connectivity index (χ3n) is 6.20. The first-order valence-electron chi connectivity index (χ1n) is 5.36. The molecule has 0 heterocycles. The average molecular weight is 339 g/mol. The minimum Gasteiger partial charge on any atom is -0.115 e. The van der Waals surface area contributed by atoms with Crippen LogP contribution in [0.2, 0.25) is 0 Å². The van der Waals surface area contributed by atoms with Crippen molar-refractivity contribution in [3.63, 3.8) is 0 Å². The van der Waals surface area contributed by atoms with Gasteiger partial charge < -0.3 is 0 Å². The van der Waals surface area contributed by atoms with E-state index in [9.17, 15) is 0 Å². The van der Waals surface area contributed by atoms with Gasteiger partial charge in [0.2, 0.25) is 0 Å². The molecule has 6 aliphatic carbocycles. The van der Waals surface area contributed by atoms with Crippen molar-refractivity contribution >= 4 is 69.6 Å². The van der Waals surface area contributed by atoms with Crippen LogP contribution in [0.4, 0.5) is 0 Å². The van der Waals surface area contributed by atoms with E-state index in [1.54, 1.807) is 0 Å². The first-order valence-corrected chi connectivity index (χ1v) is 7.62. The second kappa shape index (κ2) is 2.07. The molecule has 0 aliphatic heterocycles. The third kappa shape index (κ3) is 0.455. The molecular weight excluding hydrogens is 333 g/mol. The molecule has 8 atom stereocenters. The van der Waals surface area contributed by atoms with Crippen LogP contribution in [0.15, 0.2) is 0 Å². The van der Waals surface area contributed by atoms with Crippen molar-refractivity contribution in [1.82, 2.24) is 0 Å². The zero-order chi connectivity index (χ0) is 11.5. The SMILES string of the molecule is ClC1(Cl)C2(Cl)C3CC4C5C3C1(Cl)C5(Cl)C42Cl. The van der Waals surface area contributed by atoms with Crippen molar-refractivity contribution in [2.24, 2.45) is 23.7 Å². The van der Waals surface area contributed by atoms with E-state index in [-0.39, 0.29) is 11.8 Å². The van der Waals surface area contributed by atoms with E-state index in [0.717, 1.165) is 6.42 Å². The lowest BCUT2D eigenvalue weighted by molar-refractivity contribution is -0.106. The Morgan fingerprint density at radius 1 is 0.625 bits per heavy atom. The maximum Gasteiger partial charge on any atom is 0.160 e. The first kappa shape index (κ1) is 10.5. The Balaban J connectivity index is 1.96. The van der Waals surface area contributed by atoms with Crippen molar-refractivity contribution < 1.29 is 0 Å². The van der Waals surface area contributed by atoms with E-state index in [4.69, 9.17) is 69.6 Å². The van der Waals surface area contributed by atoms with Gasteiger partial charge in [0, 0.05) is 0 Å². The second-order valence-corrected chi connectivity index (χ2v) is 9.63. The number of halogens is 6. The standard InChI is InChI=1S/C10H6Cl6/c11-6-2-1-3-5-4(2)8(6,13)9(5,14)10(15,16)7(3,6)12/h2-5H,1H2. The Morgan fingerprint density at radius 2 is 1.12 bits per heavy atom. The molecule has 6 heteroatoms. The van der Waals surface area contributed by atoms with Crippen LogP contribution < -0.4 is 0 Å². The van der Waals surface area contributed by atoms with Gasteiger partial charge >= 0.3 is 0 Å². The lowest BCUT2D eigenvalue weighted by atomic mass is 9.39. The van der Waals surface area contributed by atoms with Crippen LogP contribution in [0.25, 0.3) is 0 Å². The quantitative estimate of drug-likeness (QED) is 0.586. The Hall–Kier alpha value is 1.74. The topological polar surface area (TPSA) is 0 Å². The third-order valence-corrected chi connectivity index (χ3v) is 11.5. The predicted octanol–water partition coefficient (Wildman–Crippen LogP) is 3.99. The maximum atomic E-state index is 6.75. The molecule has 88 valence electrons. The van der Waals surface area contributed by atoms with Gasteiger partial charge in [0.15, 0.2) is 4.33 Å². The van der Waals surface area contributed by atoms with Gasteiger partial charge in [-0.1, -0.05) is 23.2 Å². The van der Waals surface area contributed by atoms with E-state index < -0.39 is 23.8 Å². The molecule has 6 fully saturated rings. The fourth-order valence-electron chi connectivity index (χ4n) is 5.97. The van der Waals surface area contributed by atoms with Gasteiger partial charge in [-0.05, 0) is 30.1 Å². The van der Waals surface area contributed by atoms with Crippen molar-refractivity contribution in [3.8, 4) is 0 Å². The van der Waals surface area contributed by atoms with E-state index in [2.05, 4.69) is 0 Å². The van der Waals surface area contributed by atoms with Crippen LogP contribution in [-0.4, -0.2) is 23.8 Å². The smallest absolute Gasteiger partial charge is 0.115 e. The molecular formula is C10H6Cl6. The highest BCUT2D eigenvalue weighted by Gasteiger charge is 3.12. The molecule has 0 nitrogen and oxygen atoms in total. The summed E-state index contributed by atoms with van der Waals surface area (Å²) in [7, 11) is 0. The Labute approximate surface area is 123 Å². The molecule has 4 bridgehead atoms. The van der Waals surface area contributed by atoms with Crippen molar-refractivity contribution in [1.29, 1.82) is 0 Å². The Morgan fingerprint density at radius 3 is 1.69 bits per heavy atom. The highest BCUT2D eigenvalue weighted by Crippen LogP contribution is 3.02. The van der Waals surface area contributed by atoms with Gasteiger partial charge in [0.05, 0.1) is 9.75 Å². The summed E-state index contributed by atoms with van der Waals surface area (Å²) < 4.78 is -1.22. The summed E-state index contributed by atoms with van der Waals surface area (Å²) in [5.41, 5.74) is 0. The van der Waals surface area contributed by atoms with Crippen molar-refractivity contribution in [2.45, 2.75) is 30.3 Å². The molecule has 0 radical (unpaired) electrons. The Bertz CT molecular complexity index is 463. The molecule has 0 spiro atoms. The maximum absolute atomic E-state index is 6.75. The molecule has 8 unspecified atom stereocenters. The minimum atomic E-state index is -1.22. The number of hydrogen-bond acceptors (Lipinski definition) is 0. The average Bonchev–Trinajstić information content (AvgIpc) is 2.69. The predicted molar refractivity (Wildman–Crippen MR) is 67.4 cm³/mol. The van der Waals surface area contributed by atoms with Crippen LogP contribution in [-0.2, 0) is 0 Å². The van der Waals surface area contributed by atoms with E-state index in [0.29, 0.717) is 11.8 Å². The molecule has 0 aromatic carbocycles. The lowest BCUT2D eigenvalue weighted by Crippen LogP contribution is -2.88. The van der Waals surface area contributed by atoms with Gasteiger partial charge in [0.25, 0.3) is 0 Å². The number of rotatable bonds is 0. The van der Waals surface area contributed by atoms with Crippen molar-refractivity contribution in [3.05, 3.63) is 0 Å². The summed E-state index contributed by atoms with van der Waals surface area (Å²) in [5.74, 6) is 1.21. The largest absolute Gasteiger partial charge is 0.160 e. The minimum absolute atomic E-state index is 0.231. The van der Waals surface area contributed by atoms with Crippen LogP contribution in [0.5, 0.6) is 0 Å². The summed E-state index contributed by atoms with van der Waals surface area (Å²) in [4.78, 5) is -3.09. The van der Waals surface area contributed by atoms with Gasteiger partial charge in [-0.25, -0.2) is 0 Å². The fraction of sp³-hybridized carbons (Fsp3) is 1.00. The molecule has 6 aliphatic rings. The van der Waals surface area contributed by atoms with Crippen LogP contribution in [0.3, 0.4) is 0 Å². The molecule has 0 amide bonds. The molecule has 6 saturated carbocycles. The van der Waals surface area contributed by atoms with Crippen LogP contribution in [0, 0.1) is 23.7 Å². The van der Waals surface area contributed by atoms with E-state index >= 15 is 0 Å². The normalized spacial score (nSPS) is 83.6. The molecule has 0 aromatic heterocycles. The fourth-order valence-corrected chi connectivity index (χ4v) is 10.4. The summed E-state index contributed by atoms with van der Waals surface area (Å²) in [6.45, 7) is 0. The van der Waals surface area contributed by atoms with Gasteiger partial charge in [-0.15, -0.1) is 46.4 Å². The monoisotopic (exact) mass is 336 g/mol. The summed E-state index contributed by atoms with van der Waals surface area (Å²) in [6, 6.07) is 0. The molecule has 0 saturated heterocycles. The Kier molecular flexibility index (Phi) is 1.36. The zero-order valence-electron chi connectivity index (χ0n) is 7.78. The highest BCUT2D eigenvalue weighted by molar-refractivity contribution is 6.65. The lowest BCUT2D eigenvalue weighted by Gasteiger charge is -2.76. The molecule has 16 heavy (non-hydrogen) atoms. The van der Waals surface area contributed by atoms with Gasteiger partial charge in [-0.3, -0.25) is 0 Å². The van der Waals surface area contributed by atoms with Crippen LogP contribution in [0.1, 0.15) is 6.42 Å². The number of hydrogen-bond donors (Lipinski definition) is 0. The molecule has 6 rings (SSSR count). The summed E-state index contributed by atoms with van der Waals surface area (Å²) in [5, 5.41) is 0. The van der Waals surface area contributed by atoms with E-state index in [1.165, 1.54) is 0 Å². The van der Waals surface area contributed by atoms with E-state index in [1.807, 2.05) is 0 Å². The second-order valence-electron chi connectivity index (χ2n) is 5.92. The van der Waals surface area contributed by atoms with Gasteiger partial charge in [0.1, 0.15) is 9.75 Å². The zero-order valence-corrected chi connectivity index (χ0v) is 12.3.